The Balaban J connectivity index is 5.28. The number of hydrogen-bond donors (Lipinski definition) is 1. The van der Waals surface area contributed by atoms with Gasteiger partial charge in [-0.1, -0.05) is 0 Å². The highest BCUT2D eigenvalue weighted by Crippen LogP contribution is 2.06. The van der Waals surface area contributed by atoms with Crippen LogP contribution in [0.1, 0.15) is 6.92 Å². The highest BCUT2D eigenvalue weighted by Gasteiger charge is 2.27. The minimum atomic E-state index is -1.06. The summed E-state index contributed by atoms with van der Waals surface area (Å²) in [6.45, 7) is 1.62. The fraction of sp³-hybridized carbons (Fsp3) is 0.444. The van der Waals surface area contributed by atoms with E-state index in [9.17, 15) is 14.4 Å². The summed E-state index contributed by atoms with van der Waals surface area (Å²) < 4.78 is 13.1. The van der Waals surface area contributed by atoms with Crippen LogP contribution < -0.4 is 5.73 Å². The molecule has 16 heavy (non-hydrogen) atoms. The fourth-order valence-corrected chi connectivity index (χ4v) is 0.818. The van der Waals surface area contributed by atoms with Gasteiger partial charge in [-0.05, 0) is 6.92 Å². The monoisotopic (exact) mass is 231 g/mol. The zero-order valence-electron chi connectivity index (χ0n) is 9.23. The molecular formula is C9H13NO6. The van der Waals surface area contributed by atoms with E-state index in [2.05, 4.69) is 14.2 Å². The van der Waals surface area contributed by atoms with Crippen molar-refractivity contribution in [3.63, 3.8) is 0 Å². The molecule has 0 radical (unpaired) electrons. The second kappa shape index (κ2) is 6.44. The van der Waals surface area contributed by atoms with Gasteiger partial charge in [-0.3, -0.25) is 0 Å². The Morgan fingerprint density at radius 2 is 1.44 bits per heavy atom. The van der Waals surface area contributed by atoms with Crippen molar-refractivity contribution in [1.29, 1.82) is 0 Å². The van der Waals surface area contributed by atoms with Gasteiger partial charge in [-0.2, -0.15) is 0 Å². The van der Waals surface area contributed by atoms with Gasteiger partial charge < -0.3 is 19.9 Å². The molecule has 90 valence electrons. The van der Waals surface area contributed by atoms with Crippen LogP contribution in [0.3, 0.4) is 0 Å². The Morgan fingerprint density at radius 1 is 1.00 bits per heavy atom. The van der Waals surface area contributed by atoms with E-state index in [4.69, 9.17) is 5.73 Å². The molecule has 0 bridgehead atoms. The van der Waals surface area contributed by atoms with E-state index in [0.29, 0.717) is 0 Å². The summed E-state index contributed by atoms with van der Waals surface area (Å²) in [5, 5.41) is 0. The summed E-state index contributed by atoms with van der Waals surface area (Å²) >= 11 is 0. The first-order chi connectivity index (χ1) is 7.49. The number of nitrogens with two attached hydrogens (primary N) is 1. The number of rotatable bonds is 4. The summed E-state index contributed by atoms with van der Waals surface area (Å²) in [5.41, 5.74) is 3.99. The Bertz CT molecular complexity index is 315. The van der Waals surface area contributed by atoms with Crippen molar-refractivity contribution in [1.82, 2.24) is 0 Å². The second-order valence-corrected chi connectivity index (χ2v) is 2.49. The van der Waals surface area contributed by atoms with Gasteiger partial charge in [0.05, 0.1) is 20.8 Å². The van der Waals surface area contributed by atoms with E-state index in [0.717, 1.165) is 14.2 Å². The smallest absolute Gasteiger partial charge is 0.355 e. The maximum atomic E-state index is 11.2. The zero-order chi connectivity index (χ0) is 12.7. The van der Waals surface area contributed by atoms with E-state index in [-0.39, 0.29) is 6.61 Å². The van der Waals surface area contributed by atoms with Crippen LogP contribution >= 0.6 is 0 Å². The van der Waals surface area contributed by atoms with Gasteiger partial charge in [-0.15, -0.1) is 0 Å². The third-order valence-corrected chi connectivity index (χ3v) is 1.54. The molecule has 0 amide bonds. The van der Waals surface area contributed by atoms with Crippen LogP contribution in [0.15, 0.2) is 11.3 Å². The SMILES string of the molecule is CCOC(=O)C(N)=C(C(=O)OC)C(=O)OC. The van der Waals surface area contributed by atoms with Crippen LogP contribution in [0.25, 0.3) is 0 Å². The molecule has 0 saturated carbocycles. The largest absolute Gasteiger partial charge is 0.465 e. The molecule has 7 heteroatoms. The first kappa shape index (κ1) is 13.9. The standard InChI is InChI=1S/C9H13NO6/c1-4-16-9(13)6(10)5(7(11)14-2)8(12)15-3/h4,10H2,1-3H3. The van der Waals surface area contributed by atoms with Crippen molar-refractivity contribution in [2.75, 3.05) is 20.8 Å². The second-order valence-electron chi connectivity index (χ2n) is 2.49. The van der Waals surface area contributed by atoms with Crippen molar-refractivity contribution in [2.45, 2.75) is 6.92 Å². The lowest BCUT2D eigenvalue weighted by molar-refractivity contribution is -0.146. The fourth-order valence-electron chi connectivity index (χ4n) is 0.818. The summed E-state index contributed by atoms with van der Waals surface area (Å²) in [5.74, 6) is -3.09. The quantitative estimate of drug-likeness (QED) is 0.220. The van der Waals surface area contributed by atoms with Crippen molar-refractivity contribution in [3.8, 4) is 0 Å². The van der Waals surface area contributed by atoms with E-state index in [1.165, 1.54) is 0 Å². The number of carbonyl (C=O) groups excluding carboxylic acids is 3. The van der Waals surface area contributed by atoms with Crippen molar-refractivity contribution < 1.29 is 28.6 Å². The topological polar surface area (TPSA) is 105 Å². The van der Waals surface area contributed by atoms with Crippen molar-refractivity contribution in [3.05, 3.63) is 11.3 Å². The third-order valence-electron chi connectivity index (χ3n) is 1.54. The van der Waals surface area contributed by atoms with Gasteiger partial charge in [-0.25, -0.2) is 14.4 Å². The molecule has 0 heterocycles. The molecule has 0 unspecified atom stereocenters. The van der Waals surface area contributed by atoms with Crippen LogP contribution in [0.2, 0.25) is 0 Å². The molecule has 0 rings (SSSR count). The molecular weight excluding hydrogens is 218 g/mol. The van der Waals surface area contributed by atoms with E-state index < -0.39 is 29.2 Å². The average Bonchev–Trinajstić information content (AvgIpc) is 2.28. The van der Waals surface area contributed by atoms with Crippen molar-refractivity contribution in [2.24, 2.45) is 5.73 Å². The summed E-state index contributed by atoms with van der Waals surface area (Å²) in [6, 6.07) is 0. The average molecular weight is 231 g/mol. The molecule has 0 atom stereocenters. The lowest BCUT2D eigenvalue weighted by atomic mass is 10.2. The summed E-state index contributed by atoms with van der Waals surface area (Å²) in [4.78, 5) is 33.6. The lowest BCUT2D eigenvalue weighted by Crippen LogP contribution is -2.26. The van der Waals surface area contributed by atoms with E-state index >= 15 is 0 Å². The maximum Gasteiger partial charge on any atom is 0.355 e. The lowest BCUT2D eigenvalue weighted by Gasteiger charge is -2.07. The minimum Gasteiger partial charge on any atom is -0.465 e. The number of carbonyl (C=O) groups is 3. The molecule has 0 aliphatic carbocycles. The predicted octanol–water partition coefficient (Wildman–Crippen LogP) is -0.892. The third kappa shape index (κ3) is 3.26. The molecule has 0 fully saturated rings. The Morgan fingerprint density at radius 3 is 1.75 bits per heavy atom. The highest BCUT2D eigenvalue weighted by molar-refractivity contribution is 6.18. The number of hydrogen-bond acceptors (Lipinski definition) is 7. The number of esters is 3. The maximum absolute atomic E-state index is 11.2. The first-order valence-electron chi connectivity index (χ1n) is 4.33. The van der Waals surface area contributed by atoms with Crippen molar-refractivity contribution >= 4 is 17.9 Å². The van der Waals surface area contributed by atoms with Gasteiger partial charge in [0.25, 0.3) is 0 Å². The summed E-state index contributed by atoms with van der Waals surface area (Å²) in [6.07, 6.45) is 0. The molecule has 0 spiro atoms. The predicted molar refractivity (Wildman–Crippen MR) is 51.9 cm³/mol. The Hall–Kier alpha value is -2.05. The summed E-state index contributed by atoms with van der Waals surface area (Å²) in [7, 11) is 2.09. The molecule has 0 aromatic heterocycles. The van der Waals surface area contributed by atoms with Gasteiger partial charge in [0.15, 0.2) is 5.57 Å². The zero-order valence-corrected chi connectivity index (χ0v) is 9.23. The molecule has 7 nitrogen and oxygen atoms in total. The highest BCUT2D eigenvalue weighted by atomic mass is 16.5. The molecule has 2 N–H and O–H groups in total. The molecule has 0 aromatic carbocycles. The minimum absolute atomic E-state index is 0.0646. The van der Waals surface area contributed by atoms with Gasteiger partial charge in [0, 0.05) is 0 Å². The van der Waals surface area contributed by atoms with Crippen LogP contribution in [0.4, 0.5) is 0 Å². The number of ether oxygens (including phenoxy) is 3. The van der Waals surface area contributed by atoms with Gasteiger partial charge in [0.1, 0.15) is 5.70 Å². The molecule has 0 aliphatic heterocycles. The number of methoxy groups -OCH3 is 2. The van der Waals surface area contributed by atoms with Crippen LogP contribution in [0.5, 0.6) is 0 Å². The van der Waals surface area contributed by atoms with Gasteiger partial charge in [0.2, 0.25) is 0 Å². The molecule has 0 aliphatic rings. The molecule has 0 aromatic rings. The first-order valence-corrected chi connectivity index (χ1v) is 4.33. The van der Waals surface area contributed by atoms with Gasteiger partial charge >= 0.3 is 17.9 Å². The van der Waals surface area contributed by atoms with Crippen LogP contribution in [0, 0.1) is 0 Å². The Kier molecular flexibility index (Phi) is 5.61. The van der Waals surface area contributed by atoms with E-state index in [1.807, 2.05) is 0 Å². The van der Waals surface area contributed by atoms with Crippen LogP contribution in [-0.4, -0.2) is 38.7 Å². The normalized spacial score (nSPS) is 8.94. The van der Waals surface area contributed by atoms with Crippen LogP contribution in [-0.2, 0) is 28.6 Å². The van der Waals surface area contributed by atoms with E-state index in [1.54, 1.807) is 6.92 Å². The molecule has 0 saturated heterocycles. The Labute approximate surface area is 92.1 Å².